The Morgan fingerprint density at radius 2 is 2.00 bits per heavy atom. The van der Waals surface area contributed by atoms with Crippen molar-refractivity contribution in [2.75, 3.05) is 0 Å². The third-order valence-corrected chi connectivity index (χ3v) is 4.13. The number of rotatable bonds is 4. The molecule has 0 aliphatic heterocycles. The number of pyridine rings is 1. The van der Waals surface area contributed by atoms with Gasteiger partial charge in [0, 0.05) is 23.9 Å². The molecule has 0 fully saturated rings. The summed E-state index contributed by atoms with van der Waals surface area (Å²) in [7, 11) is 1.32. The summed E-state index contributed by atoms with van der Waals surface area (Å²) in [5.41, 5.74) is 4.92. The first kappa shape index (κ1) is 17.7. The summed E-state index contributed by atoms with van der Waals surface area (Å²) in [6.45, 7) is 1.45. The van der Waals surface area contributed by atoms with E-state index >= 15 is 0 Å². The molecule has 0 saturated carbocycles. The minimum atomic E-state index is -1.19. The smallest absolute Gasteiger partial charge is 0.309 e. The molecule has 0 atom stereocenters. The Balaban J connectivity index is 3.01. The number of carbonyl (C=O) groups excluding carboxylic acids is 1. The van der Waals surface area contributed by atoms with Crippen molar-refractivity contribution in [2.24, 2.45) is 12.8 Å². The number of aliphatic carboxylic acids is 1. The van der Waals surface area contributed by atoms with Crippen molar-refractivity contribution in [1.29, 1.82) is 0 Å². The number of aromatic nitrogens is 1. The van der Waals surface area contributed by atoms with Crippen LogP contribution in [0.1, 0.15) is 21.6 Å². The molecule has 3 N–H and O–H groups in total. The highest BCUT2D eigenvalue weighted by Crippen LogP contribution is 2.35. The fourth-order valence-corrected chi connectivity index (χ4v) is 2.88. The first-order valence-electron chi connectivity index (χ1n) is 6.85. The summed E-state index contributed by atoms with van der Waals surface area (Å²) in [5.74, 6) is -2.85. The second-order valence-corrected chi connectivity index (χ2v) is 5.60. The minimum absolute atomic E-state index is 0.0995. The van der Waals surface area contributed by atoms with Crippen LogP contribution in [0.4, 0.5) is 4.39 Å². The molecule has 0 aliphatic carbocycles. The maximum atomic E-state index is 13.8. The molecule has 1 aromatic carbocycles. The maximum absolute atomic E-state index is 13.8. The number of hydrogen-bond acceptors (Lipinski definition) is 3. The van der Waals surface area contributed by atoms with Gasteiger partial charge >= 0.3 is 5.97 Å². The zero-order valence-electron chi connectivity index (χ0n) is 12.9. The van der Waals surface area contributed by atoms with Gasteiger partial charge in [0.25, 0.3) is 11.5 Å². The van der Waals surface area contributed by atoms with Crippen LogP contribution in [0.15, 0.2) is 23.0 Å². The van der Waals surface area contributed by atoms with Crippen molar-refractivity contribution >= 4 is 23.5 Å². The van der Waals surface area contributed by atoms with Gasteiger partial charge in [-0.15, -0.1) is 0 Å². The number of nitrogens with two attached hydrogens (primary N) is 1. The molecular formula is C16H14ClFN2O4. The Labute approximate surface area is 141 Å². The molecule has 0 unspecified atom stereocenters. The Bertz CT molecular complexity index is 921. The van der Waals surface area contributed by atoms with E-state index in [1.807, 2.05) is 0 Å². The van der Waals surface area contributed by atoms with Crippen LogP contribution in [-0.4, -0.2) is 21.6 Å². The topological polar surface area (TPSA) is 102 Å². The molecule has 1 heterocycles. The average molecular weight is 353 g/mol. The number of hydrogen-bond donors (Lipinski definition) is 2. The zero-order valence-corrected chi connectivity index (χ0v) is 13.6. The SMILES string of the molecule is Cc1c(-c2cccc(F)c2Cl)c(CC(=O)O)n(C)c(=O)c1C(N)=O. The molecule has 1 amide bonds. The van der Waals surface area contributed by atoms with Crippen LogP contribution in [0.3, 0.4) is 0 Å². The normalized spacial score (nSPS) is 10.7. The molecular weight excluding hydrogens is 339 g/mol. The van der Waals surface area contributed by atoms with E-state index in [9.17, 15) is 18.8 Å². The van der Waals surface area contributed by atoms with Gasteiger partial charge < -0.3 is 15.4 Å². The quantitative estimate of drug-likeness (QED) is 0.876. The van der Waals surface area contributed by atoms with Gasteiger partial charge in [-0.3, -0.25) is 14.4 Å². The van der Waals surface area contributed by atoms with Crippen molar-refractivity contribution in [3.05, 3.63) is 56.2 Å². The van der Waals surface area contributed by atoms with Crippen LogP contribution < -0.4 is 11.3 Å². The van der Waals surface area contributed by atoms with Gasteiger partial charge in [-0.2, -0.15) is 0 Å². The number of amides is 1. The predicted octanol–water partition coefficient (Wildman–Crippen LogP) is 1.88. The second-order valence-electron chi connectivity index (χ2n) is 5.22. The van der Waals surface area contributed by atoms with Crippen LogP contribution in [0, 0.1) is 12.7 Å². The fraction of sp³-hybridized carbons (Fsp3) is 0.188. The molecule has 1 aromatic heterocycles. The van der Waals surface area contributed by atoms with Gasteiger partial charge in [0.1, 0.15) is 11.4 Å². The summed E-state index contributed by atoms with van der Waals surface area (Å²) >= 11 is 6.01. The van der Waals surface area contributed by atoms with Crippen LogP contribution in [-0.2, 0) is 18.3 Å². The second kappa shape index (κ2) is 6.45. The number of carbonyl (C=O) groups is 2. The maximum Gasteiger partial charge on any atom is 0.309 e. The number of carboxylic acid groups (broad SMARTS) is 1. The number of halogens is 2. The summed E-state index contributed by atoms with van der Waals surface area (Å²) in [4.78, 5) is 35.2. The third-order valence-electron chi connectivity index (χ3n) is 3.75. The van der Waals surface area contributed by atoms with Gasteiger partial charge in [-0.25, -0.2) is 4.39 Å². The largest absolute Gasteiger partial charge is 0.481 e. The van der Waals surface area contributed by atoms with Crippen molar-refractivity contribution in [3.63, 3.8) is 0 Å². The Hall–Kier alpha value is -2.67. The summed E-state index contributed by atoms with van der Waals surface area (Å²) in [6, 6.07) is 4.03. The predicted molar refractivity (Wildman–Crippen MR) is 86.7 cm³/mol. The lowest BCUT2D eigenvalue weighted by atomic mass is 9.93. The number of carboxylic acids is 1. The standard InChI is InChI=1S/C16H14ClFN2O4/c1-7-12(8-4-3-5-9(18)14(8)17)10(6-11(21)22)20(2)16(24)13(7)15(19)23/h3-5H,6H2,1-2H3,(H2,19,23)(H,21,22). The van der Waals surface area contributed by atoms with E-state index in [1.165, 1.54) is 26.1 Å². The van der Waals surface area contributed by atoms with Crippen molar-refractivity contribution in [2.45, 2.75) is 13.3 Å². The van der Waals surface area contributed by atoms with Crippen molar-refractivity contribution in [3.8, 4) is 11.1 Å². The monoisotopic (exact) mass is 352 g/mol. The summed E-state index contributed by atoms with van der Waals surface area (Å²) in [6.07, 6.45) is -0.506. The number of nitrogens with zero attached hydrogens (tertiary/aromatic N) is 1. The molecule has 6 nitrogen and oxygen atoms in total. The lowest BCUT2D eigenvalue weighted by Gasteiger charge is -2.19. The number of benzene rings is 1. The van der Waals surface area contributed by atoms with Gasteiger partial charge in [-0.1, -0.05) is 23.7 Å². The van der Waals surface area contributed by atoms with E-state index in [2.05, 4.69) is 0 Å². The van der Waals surface area contributed by atoms with E-state index < -0.39 is 29.7 Å². The molecule has 0 aliphatic rings. The highest BCUT2D eigenvalue weighted by atomic mass is 35.5. The summed E-state index contributed by atoms with van der Waals surface area (Å²) < 4.78 is 14.8. The van der Waals surface area contributed by atoms with E-state index in [1.54, 1.807) is 0 Å². The highest BCUT2D eigenvalue weighted by Gasteiger charge is 2.24. The van der Waals surface area contributed by atoms with E-state index in [0.29, 0.717) is 0 Å². The molecule has 2 rings (SSSR count). The van der Waals surface area contributed by atoms with Gasteiger partial charge in [0.15, 0.2) is 0 Å². The molecule has 24 heavy (non-hydrogen) atoms. The molecule has 2 aromatic rings. The molecule has 0 bridgehead atoms. The van der Waals surface area contributed by atoms with Crippen LogP contribution >= 0.6 is 11.6 Å². The summed E-state index contributed by atoms with van der Waals surface area (Å²) in [5, 5.41) is 8.90. The van der Waals surface area contributed by atoms with Gasteiger partial charge in [0.2, 0.25) is 0 Å². The molecule has 8 heteroatoms. The van der Waals surface area contributed by atoms with E-state index in [0.717, 1.165) is 10.6 Å². The van der Waals surface area contributed by atoms with Crippen molar-refractivity contribution in [1.82, 2.24) is 4.57 Å². The Morgan fingerprint density at radius 1 is 1.38 bits per heavy atom. The molecule has 0 spiro atoms. The van der Waals surface area contributed by atoms with Gasteiger partial charge in [0.05, 0.1) is 11.4 Å². The Morgan fingerprint density at radius 3 is 2.54 bits per heavy atom. The van der Waals surface area contributed by atoms with Crippen LogP contribution in [0.5, 0.6) is 0 Å². The number of primary amides is 1. The van der Waals surface area contributed by atoms with Crippen molar-refractivity contribution < 1.29 is 19.1 Å². The lowest BCUT2D eigenvalue weighted by molar-refractivity contribution is -0.136. The molecule has 126 valence electrons. The molecule has 0 radical (unpaired) electrons. The third kappa shape index (κ3) is 2.90. The highest BCUT2D eigenvalue weighted by molar-refractivity contribution is 6.33. The van der Waals surface area contributed by atoms with E-state index in [4.69, 9.17) is 22.4 Å². The zero-order chi connectivity index (χ0) is 18.2. The first-order chi connectivity index (χ1) is 11.2. The average Bonchev–Trinajstić information content (AvgIpc) is 2.48. The first-order valence-corrected chi connectivity index (χ1v) is 7.23. The van der Waals surface area contributed by atoms with Gasteiger partial charge in [-0.05, 0) is 18.6 Å². The fourth-order valence-electron chi connectivity index (χ4n) is 2.65. The van der Waals surface area contributed by atoms with Crippen LogP contribution in [0.25, 0.3) is 11.1 Å². The van der Waals surface area contributed by atoms with Crippen LogP contribution in [0.2, 0.25) is 5.02 Å². The lowest BCUT2D eigenvalue weighted by Crippen LogP contribution is -2.33. The minimum Gasteiger partial charge on any atom is -0.481 e. The Kier molecular flexibility index (Phi) is 4.75. The molecule has 0 saturated heterocycles. The van der Waals surface area contributed by atoms with E-state index in [-0.39, 0.29) is 33.0 Å².